The summed E-state index contributed by atoms with van der Waals surface area (Å²) in [5.74, 6) is 2.30. The van der Waals surface area contributed by atoms with Crippen LogP contribution in [0.1, 0.15) is 37.6 Å². The van der Waals surface area contributed by atoms with Gasteiger partial charge in [-0.3, -0.25) is 4.68 Å². The van der Waals surface area contributed by atoms with Gasteiger partial charge in [0.1, 0.15) is 0 Å². The number of hydrogen-bond acceptors (Lipinski definition) is 2. The first-order chi connectivity index (χ1) is 8.74. The van der Waals surface area contributed by atoms with Crippen molar-refractivity contribution in [2.75, 3.05) is 12.4 Å². The van der Waals surface area contributed by atoms with E-state index < -0.39 is 0 Å². The zero-order valence-electron chi connectivity index (χ0n) is 11.5. The first-order valence-electron chi connectivity index (χ1n) is 7.04. The lowest BCUT2D eigenvalue weighted by molar-refractivity contribution is 0.392. The fourth-order valence-electron chi connectivity index (χ4n) is 2.99. The Balaban J connectivity index is 1.81. The van der Waals surface area contributed by atoms with E-state index in [0.717, 1.165) is 43.0 Å². The molecule has 1 aliphatic carbocycles. The molecule has 102 valence electrons. The summed E-state index contributed by atoms with van der Waals surface area (Å²) in [4.78, 5) is 0. The van der Waals surface area contributed by atoms with E-state index in [4.69, 9.17) is 11.6 Å². The van der Waals surface area contributed by atoms with Crippen LogP contribution in [0.3, 0.4) is 0 Å². The smallest absolute Gasteiger partial charge is 0.0597 e. The maximum atomic E-state index is 6.01. The fraction of sp³-hybridized carbons (Fsp3) is 0.786. The predicted octanol–water partition coefficient (Wildman–Crippen LogP) is 2.96. The van der Waals surface area contributed by atoms with Crippen LogP contribution < -0.4 is 5.32 Å². The monoisotopic (exact) mass is 269 g/mol. The molecular formula is C14H24ClN3. The van der Waals surface area contributed by atoms with E-state index >= 15 is 0 Å². The maximum Gasteiger partial charge on any atom is 0.0597 e. The summed E-state index contributed by atoms with van der Waals surface area (Å²) in [5.41, 5.74) is 2.39. The molecule has 2 rings (SSSR count). The molecule has 1 aromatic rings. The highest BCUT2D eigenvalue weighted by Gasteiger charge is 2.25. The van der Waals surface area contributed by atoms with E-state index in [0.29, 0.717) is 0 Å². The average Bonchev–Trinajstić information content (AvgIpc) is 2.95. The Morgan fingerprint density at radius 2 is 2.22 bits per heavy atom. The maximum absolute atomic E-state index is 6.01. The van der Waals surface area contributed by atoms with E-state index in [2.05, 4.69) is 35.0 Å². The van der Waals surface area contributed by atoms with Crippen molar-refractivity contribution in [3.8, 4) is 0 Å². The molecule has 0 amide bonds. The van der Waals surface area contributed by atoms with Crippen LogP contribution >= 0.6 is 11.6 Å². The van der Waals surface area contributed by atoms with Crippen molar-refractivity contribution < 1.29 is 0 Å². The number of halogens is 1. The Kier molecular flexibility index (Phi) is 5.07. The molecule has 0 aliphatic heterocycles. The lowest BCUT2D eigenvalue weighted by atomic mass is 9.98. The quantitative estimate of drug-likeness (QED) is 0.805. The Hall–Kier alpha value is -0.540. The van der Waals surface area contributed by atoms with E-state index in [-0.39, 0.29) is 0 Å². The fourth-order valence-corrected chi connectivity index (χ4v) is 3.39. The molecule has 1 aliphatic rings. The summed E-state index contributed by atoms with van der Waals surface area (Å²) in [6, 6.07) is 2.17. The van der Waals surface area contributed by atoms with Gasteiger partial charge in [0, 0.05) is 19.0 Å². The van der Waals surface area contributed by atoms with Crippen LogP contribution in [0.5, 0.6) is 0 Å². The van der Waals surface area contributed by atoms with Gasteiger partial charge in [0.25, 0.3) is 0 Å². The molecule has 1 heterocycles. The van der Waals surface area contributed by atoms with Gasteiger partial charge in [-0.1, -0.05) is 6.42 Å². The van der Waals surface area contributed by atoms with Gasteiger partial charge in [-0.25, -0.2) is 0 Å². The van der Waals surface area contributed by atoms with E-state index in [1.165, 1.54) is 25.0 Å². The molecule has 0 aromatic carbocycles. The van der Waals surface area contributed by atoms with Crippen LogP contribution in [0.4, 0.5) is 0 Å². The first kappa shape index (κ1) is 13.9. The van der Waals surface area contributed by atoms with Crippen molar-refractivity contribution in [3.05, 3.63) is 17.5 Å². The normalized spacial score (nSPS) is 23.7. The number of rotatable bonds is 6. The number of aryl methyl sites for hydroxylation is 2. The van der Waals surface area contributed by atoms with Gasteiger partial charge in [0.15, 0.2) is 0 Å². The minimum absolute atomic E-state index is 0.719. The van der Waals surface area contributed by atoms with E-state index in [1.807, 2.05) is 0 Å². The topological polar surface area (TPSA) is 29.9 Å². The molecule has 1 saturated carbocycles. The molecule has 0 spiro atoms. The number of nitrogens with zero attached hydrogens (tertiary/aromatic N) is 2. The van der Waals surface area contributed by atoms with Crippen LogP contribution in [0.15, 0.2) is 6.07 Å². The van der Waals surface area contributed by atoms with Crippen molar-refractivity contribution >= 4 is 11.6 Å². The predicted molar refractivity (Wildman–Crippen MR) is 75.9 cm³/mol. The number of hydrogen-bond donors (Lipinski definition) is 1. The van der Waals surface area contributed by atoms with Crippen LogP contribution in [-0.2, 0) is 13.1 Å². The van der Waals surface area contributed by atoms with Gasteiger partial charge in [0.05, 0.1) is 11.4 Å². The van der Waals surface area contributed by atoms with Gasteiger partial charge in [-0.05, 0) is 51.1 Å². The molecule has 4 heteroatoms. The Morgan fingerprint density at radius 1 is 1.44 bits per heavy atom. The van der Waals surface area contributed by atoms with Crippen LogP contribution in [-0.4, -0.2) is 22.2 Å². The zero-order valence-corrected chi connectivity index (χ0v) is 12.2. The lowest BCUT2D eigenvalue weighted by Crippen LogP contribution is -2.26. The summed E-state index contributed by atoms with van der Waals surface area (Å²) in [6.07, 6.45) is 3.98. The lowest BCUT2D eigenvalue weighted by Gasteiger charge is -2.17. The van der Waals surface area contributed by atoms with E-state index in [9.17, 15) is 0 Å². The van der Waals surface area contributed by atoms with Gasteiger partial charge in [-0.2, -0.15) is 5.10 Å². The molecule has 1 N–H and O–H groups in total. The highest BCUT2D eigenvalue weighted by molar-refractivity contribution is 6.18. The highest BCUT2D eigenvalue weighted by atomic mass is 35.5. The van der Waals surface area contributed by atoms with Crippen molar-refractivity contribution in [1.82, 2.24) is 15.1 Å². The third-order valence-electron chi connectivity index (χ3n) is 4.01. The minimum atomic E-state index is 0.719. The summed E-state index contributed by atoms with van der Waals surface area (Å²) >= 11 is 6.01. The number of alkyl halides is 1. The molecule has 0 bridgehead atoms. The zero-order chi connectivity index (χ0) is 13.0. The number of aromatic nitrogens is 2. The van der Waals surface area contributed by atoms with Crippen molar-refractivity contribution in [2.45, 2.75) is 46.2 Å². The largest absolute Gasteiger partial charge is 0.311 e. The Labute approximate surface area is 115 Å². The van der Waals surface area contributed by atoms with E-state index in [1.54, 1.807) is 0 Å². The molecule has 2 atom stereocenters. The van der Waals surface area contributed by atoms with Crippen LogP contribution in [0.25, 0.3) is 0 Å². The number of nitrogens with one attached hydrogen (secondary N) is 1. The first-order valence-corrected chi connectivity index (χ1v) is 7.58. The standard InChI is InChI=1S/C14H24ClN3/c1-3-18-14(7-11(2)17-18)10-16-9-13-6-4-5-12(13)8-15/h7,12-13,16H,3-6,8-10H2,1-2H3. The molecule has 3 nitrogen and oxygen atoms in total. The molecule has 2 unspecified atom stereocenters. The van der Waals surface area contributed by atoms with Crippen molar-refractivity contribution in [2.24, 2.45) is 11.8 Å². The molecule has 18 heavy (non-hydrogen) atoms. The van der Waals surface area contributed by atoms with Gasteiger partial charge in [-0.15, -0.1) is 11.6 Å². The third kappa shape index (κ3) is 3.27. The Bertz CT molecular complexity index is 375. The average molecular weight is 270 g/mol. The van der Waals surface area contributed by atoms with Gasteiger partial charge < -0.3 is 5.32 Å². The molecular weight excluding hydrogens is 246 g/mol. The summed E-state index contributed by atoms with van der Waals surface area (Å²) < 4.78 is 2.08. The highest BCUT2D eigenvalue weighted by Crippen LogP contribution is 2.31. The second-order valence-electron chi connectivity index (χ2n) is 5.33. The SMILES string of the molecule is CCn1nc(C)cc1CNCC1CCCC1CCl. The second-order valence-corrected chi connectivity index (χ2v) is 5.64. The van der Waals surface area contributed by atoms with Crippen LogP contribution in [0.2, 0.25) is 0 Å². The second kappa shape index (κ2) is 6.58. The minimum Gasteiger partial charge on any atom is -0.311 e. The molecule has 0 saturated heterocycles. The third-order valence-corrected chi connectivity index (χ3v) is 4.41. The molecule has 1 fully saturated rings. The summed E-state index contributed by atoms with van der Waals surface area (Å²) in [6.45, 7) is 7.14. The van der Waals surface area contributed by atoms with Crippen molar-refractivity contribution in [3.63, 3.8) is 0 Å². The Morgan fingerprint density at radius 3 is 2.94 bits per heavy atom. The summed E-state index contributed by atoms with van der Waals surface area (Å²) in [7, 11) is 0. The summed E-state index contributed by atoms with van der Waals surface area (Å²) in [5, 5.41) is 8.04. The van der Waals surface area contributed by atoms with Gasteiger partial charge in [0.2, 0.25) is 0 Å². The molecule has 0 radical (unpaired) electrons. The van der Waals surface area contributed by atoms with Crippen molar-refractivity contribution in [1.29, 1.82) is 0 Å². The molecule has 1 aromatic heterocycles. The van der Waals surface area contributed by atoms with Gasteiger partial charge >= 0.3 is 0 Å². The van der Waals surface area contributed by atoms with Crippen LogP contribution in [0, 0.1) is 18.8 Å².